The standard InChI is InChI=1S/C16H25NO/c1-13(2)18-12-11-16(17)10-6-5-8-14-7-3-4-9-15(14)16/h3-4,7,9,13H,5-6,8,10-12,17H2,1-2H3. The molecule has 2 N–H and O–H groups in total. The van der Waals surface area contributed by atoms with Crippen LogP contribution in [-0.4, -0.2) is 12.7 Å². The Balaban J connectivity index is 2.15. The summed E-state index contributed by atoms with van der Waals surface area (Å²) in [5.41, 5.74) is 9.26. The van der Waals surface area contributed by atoms with Crippen molar-refractivity contribution in [3.8, 4) is 0 Å². The molecule has 0 bridgehead atoms. The van der Waals surface area contributed by atoms with Crippen molar-refractivity contribution in [3.63, 3.8) is 0 Å². The number of nitrogens with two attached hydrogens (primary N) is 1. The van der Waals surface area contributed by atoms with Crippen molar-refractivity contribution in [2.75, 3.05) is 6.61 Å². The van der Waals surface area contributed by atoms with Crippen LogP contribution >= 0.6 is 0 Å². The zero-order valence-corrected chi connectivity index (χ0v) is 11.6. The summed E-state index contributed by atoms with van der Waals surface area (Å²) in [5.74, 6) is 0. The molecule has 1 aromatic rings. The van der Waals surface area contributed by atoms with E-state index in [1.165, 1.54) is 30.4 Å². The van der Waals surface area contributed by atoms with Crippen LogP contribution in [0.3, 0.4) is 0 Å². The van der Waals surface area contributed by atoms with Crippen molar-refractivity contribution in [2.24, 2.45) is 5.73 Å². The first-order valence-corrected chi connectivity index (χ1v) is 7.11. The van der Waals surface area contributed by atoms with Crippen molar-refractivity contribution in [1.82, 2.24) is 0 Å². The van der Waals surface area contributed by atoms with Gasteiger partial charge in [-0.15, -0.1) is 0 Å². The van der Waals surface area contributed by atoms with Gasteiger partial charge in [-0.05, 0) is 50.7 Å². The van der Waals surface area contributed by atoms with Gasteiger partial charge in [0.2, 0.25) is 0 Å². The van der Waals surface area contributed by atoms with E-state index >= 15 is 0 Å². The highest BCUT2D eigenvalue weighted by Crippen LogP contribution is 2.34. The summed E-state index contributed by atoms with van der Waals surface area (Å²) >= 11 is 0. The van der Waals surface area contributed by atoms with Gasteiger partial charge in [-0.25, -0.2) is 0 Å². The van der Waals surface area contributed by atoms with Crippen molar-refractivity contribution in [1.29, 1.82) is 0 Å². The first-order valence-electron chi connectivity index (χ1n) is 7.11. The monoisotopic (exact) mass is 247 g/mol. The predicted molar refractivity (Wildman–Crippen MR) is 75.6 cm³/mol. The number of benzene rings is 1. The minimum Gasteiger partial charge on any atom is -0.379 e. The topological polar surface area (TPSA) is 35.2 Å². The summed E-state index contributed by atoms with van der Waals surface area (Å²) in [5, 5.41) is 0. The Morgan fingerprint density at radius 3 is 2.83 bits per heavy atom. The number of hydrogen-bond acceptors (Lipinski definition) is 2. The van der Waals surface area contributed by atoms with Crippen molar-refractivity contribution >= 4 is 0 Å². The van der Waals surface area contributed by atoms with E-state index in [1.807, 2.05) is 0 Å². The third-order valence-electron chi connectivity index (χ3n) is 3.87. The summed E-state index contributed by atoms with van der Waals surface area (Å²) < 4.78 is 5.69. The highest BCUT2D eigenvalue weighted by Gasteiger charge is 2.30. The van der Waals surface area contributed by atoms with E-state index in [-0.39, 0.29) is 11.6 Å². The van der Waals surface area contributed by atoms with Crippen LogP contribution in [0.2, 0.25) is 0 Å². The molecule has 18 heavy (non-hydrogen) atoms. The predicted octanol–water partition coefficient (Wildman–Crippen LogP) is 3.38. The maximum Gasteiger partial charge on any atom is 0.0518 e. The second kappa shape index (κ2) is 5.85. The van der Waals surface area contributed by atoms with Gasteiger partial charge in [-0.1, -0.05) is 30.7 Å². The van der Waals surface area contributed by atoms with Gasteiger partial charge in [-0.2, -0.15) is 0 Å². The highest BCUT2D eigenvalue weighted by molar-refractivity contribution is 5.34. The molecular weight excluding hydrogens is 222 g/mol. The summed E-state index contributed by atoms with van der Waals surface area (Å²) in [6.45, 7) is 4.90. The third-order valence-corrected chi connectivity index (χ3v) is 3.87. The molecule has 2 nitrogen and oxygen atoms in total. The molecule has 1 aliphatic carbocycles. The van der Waals surface area contributed by atoms with Gasteiger partial charge in [-0.3, -0.25) is 0 Å². The minimum absolute atomic E-state index is 0.192. The lowest BCUT2D eigenvalue weighted by atomic mass is 9.83. The smallest absolute Gasteiger partial charge is 0.0518 e. The molecule has 0 aromatic heterocycles. The quantitative estimate of drug-likeness (QED) is 0.828. The Morgan fingerprint density at radius 2 is 2.06 bits per heavy atom. The number of fused-ring (bicyclic) bond motifs is 1. The Hall–Kier alpha value is -0.860. The lowest BCUT2D eigenvalue weighted by molar-refractivity contribution is 0.0630. The van der Waals surface area contributed by atoms with Gasteiger partial charge in [0.25, 0.3) is 0 Å². The molecule has 1 atom stereocenters. The third kappa shape index (κ3) is 3.12. The van der Waals surface area contributed by atoms with Crippen LogP contribution in [0.1, 0.15) is 50.7 Å². The van der Waals surface area contributed by atoms with Gasteiger partial charge in [0, 0.05) is 12.1 Å². The zero-order valence-electron chi connectivity index (χ0n) is 11.6. The maximum atomic E-state index is 6.68. The fourth-order valence-corrected chi connectivity index (χ4v) is 2.85. The van der Waals surface area contributed by atoms with E-state index in [1.54, 1.807) is 0 Å². The molecule has 0 saturated heterocycles. The van der Waals surface area contributed by atoms with Gasteiger partial charge in [0.05, 0.1) is 6.10 Å². The molecule has 2 rings (SSSR count). The molecule has 0 heterocycles. The average Bonchev–Trinajstić information content (AvgIpc) is 2.50. The molecule has 0 fully saturated rings. The summed E-state index contributed by atoms with van der Waals surface area (Å²) in [7, 11) is 0. The first-order chi connectivity index (χ1) is 8.62. The lowest BCUT2D eigenvalue weighted by Gasteiger charge is -2.30. The maximum absolute atomic E-state index is 6.68. The largest absolute Gasteiger partial charge is 0.379 e. The van der Waals surface area contributed by atoms with Crippen molar-refractivity contribution < 1.29 is 4.74 Å². The van der Waals surface area contributed by atoms with E-state index in [4.69, 9.17) is 10.5 Å². The fourth-order valence-electron chi connectivity index (χ4n) is 2.85. The van der Waals surface area contributed by atoms with E-state index in [9.17, 15) is 0 Å². The minimum atomic E-state index is -0.192. The number of aryl methyl sites for hydroxylation is 1. The van der Waals surface area contributed by atoms with E-state index in [2.05, 4.69) is 38.1 Å². The molecule has 0 aliphatic heterocycles. The molecule has 0 spiro atoms. The number of ether oxygens (including phenoxy) is 1. The summed E-state index contributed by atoms with van der Waals surface area (Å²) in [6, 6.07) is 8.66. The molecule has 0 amide bonds. The number of hydrogen-bond donors (Lipinski definition) is 1. The second-order valence-corrected chi connectivity index (χ2v) is 5.69. The lowest BCUT2D eigenvalue weighted by Crippen LogP contribution is -2.38. The summed E-state index contributed by atoms with van der Waals surface area (Å²) in [4.78, 5) is 0. The van der Waals surface area contributed by atoms with Crippen LogP contribution < -0.4 is 5.73 Å². The first kappa shape index (κ1) is 13.6. The van der Waals surface area contributed by atoms with E-state index < -0.39 is 0 Å². The van der Waals surface area contributed by atoms with Crippen LogP contribution in [-0.2, 0) is 16.7 Å². The van der Waals surface area contributed by atoms with Crippen molar-refractivity contribution in [2.45, 2.75) is 57.6 Å². The van der Waals surface area contributed by atoms with E-state index in [0.29, 0.717) is 0 Å². The normalized spacial score (nSPS) is 23.8. The molecule has 0 saturated carbocycles. The van der Waals surface area contributed by atoms with E-state index in [0.717, 1.165) is 19.4 Å². The Labute approximate surface area is 111 Å². The highest BCUT2D eigenvalue weighted by atomic mass is 16.5. The summed E-state index contributed by atoms with van der Waals surface area (Å²) in [6.07, 6.45) is 5.91. The molecule has 2 heteroatoms. The molecule has 0 radical (unpaired) electrons. The Morgan fingerprint density at radius 1 is 1.28 bits per heavy atom. The molecule has 1 aliphatic rings. The SMILES string of the molecule is CC(C)OCCC1(N)CCCCc2ccccc21. The van der Waals surface area contributed by atoms with Crippen LogP contribution in [0.5, 0.6) is 0 Å². The molecule has 100 valence electrons. The van der Waals surface area contributed by atoms with Gasteiger partial charge in [0.15, 0.2) is 0 Å². The fraction of sp³-hybridized carbons (Fsp3) is 0.625. The van der Waals surface area contributed by atoms with Gasteiger partial charge >= 0.3 is 0 Å². The number of rotatable bonds is 4. The van der Waals surface area contributed by atoms with Crippen LogP contribution in [0.15, 0.2) is 24.3 Å². The van der Waals surface area contributed by atoms with Crippen molar-refractivity contribution in [3.05, 3.63) is 35.4 Å². The Kier molecular flexibility index (Phi) is 4.41. The molecular formula is C16H25NO. The second-order valence-electron chi connectivity index (χ2n) is 5.69. The Bertz CT molecular complexity index is 388. The molecule has 1 aromatic carbocycles. The van der Waals surface area contributed by atoms with Crippen LogP contribution in [0.25, 0.3) is 0 Å². The average molecular weight is 247 g/mol. The molecule has 1 unspecified atom stereocenters. The van der Waals surface area contributed by atoms with Crippen LogP contribution in [0.4, 0.5) is 0 Å². The van der Waals surface area contributed by atoms with Gasteiger partial charge < -0.3 is 10.5 Å². The van der Waals surface area contributed by atoms with Gasteiger partial charge in [0.1, 0.15) is 0 Å². The zero-order chi connectivity index (χ0) is 13.0. The van der Waals surface area contributed by atoms with Crippen LogP contribution in [0, 0.1) is 0 Å².